The van der Waals surface area contributed by atoms with Crippen LogP contribution < -0.4 is 19.7 Å². The van der Waals surface area contributed by atoms with Crippen molar-refractivity contribution in [2.75, 3.05) is 29.3 Å². The van der Waals surface area contributed by atoms with Crippen molar-refractivity contribution in [3.63, 3.8) is 0 Å². The second kappa shape index (κ2) is 16.2. The van der Waals surface area contributed by atoms with Crippen LogP contribution in [-0.4, -0.2) is 65.2 Å². The lowest BCUT2D eigenvalue weighted by Crippen LogP contribution is -2.38. The Hall–Kier alpha value is -4.62. The van der Waals surface area contributed by atoms with Crippen molar-refractivity contribution >= 4 is 27.6 Å². The number of aryl methyl sites for hydroxylation is 1. The molecule has 0 spiro atoms. The van der Waals surface area contributed by atoms with Gasteiger partial charge in [0.15, 0.2) is 0 Å². The molecule has 4 aromatic rings. The third-order valence-electron chi connectivity index (χ3n) is 9.60. The number of hydrogen-bond acceptors (Lipinski definition) is 10. The number of aromatic carboxylic acids is 1. The molecule has 1 aliphatic rings. The van der Waals surface area contributed by atoms with Crippen molar-refractivity contribution in [3.05, 3.63) is 82.9 Å². The van der Waals surface area contributed by atoms with Crippen LogP contribution in [0.4, 0.5) is 11.6 Å². The number of nitrogens with one attached hydrogen (secondary N) is 2. The minimum Gasteiger partial charge on any atom is -0.478 e. The van der Waals surface area contributed by atoms with Gasteiger partial charge in [-0.1, -0.05) is 79.7 Å². The summed E-state index contributed by atoms with van der Waals surface area (Å²) in [5.41, 5.74) is 5.21. The Morgan fingerprint density at radius 3 is 2.31 bits per heavy atom. The average molecular weight is 772 g/mol. The molecule has 296 valence electrons. The number of carbonyl (C=O) groups is 1. The number of aromatic nitrogens is 4. The first-order valence-corrected chi connectivity index (χ1v) is 20.3. The van der Waals surface area contributed by atoms with E-state index in [4.69, 9.17) is 9.72 Å². The van der Waals surface area contributed by atoms with E-state index in [1.807, 2.05) is 38.4 Å². The summed E-state index contributed by atoms with van der Waals surface area (Å²) in [4.78, 5) is 32.5. The monoisotopic (exact) mass is 771 g/mol. The highest BCUT2D eigenvalue weighted by molar-refractivity contribution is 7.92. The van der Waals surface area contributed by atoms with Crippen LogP contribution in [-0.2, 0) is 23.0 Å². The quantitative estimate of drug-likeness (QED) is 0.115. The average Bonchev–Trinajstić information content (AvgIpc) is 3.45. The predicted molar refractivity (Wildman–Crippen MR) is 217 cm³/mol. The number of nitrogens with zero attached hydrogens (tertiary/aromatic N) is 5. The molecule has 2 aromatic carbocycles. The van der Waals surface area contributed by atoms with E-state index in [-0.39, 0.29) is 51.2 Å². The first-order chi connectivity index (χ1) is 25.6. The maximum absolute atomic E-state index is 13.7. The number of ether oxygens (including phenoxy) is 1. The van der Waals surface area contributed by atoms with E-state index in [1.54, 1.807) is 0 Å². The van der Waals surface area contributed by atoms with Crippen LogP contribution >= 0.6 is 0 Å². The van der Waals surface area contributed by atoms with E-state index in [0.29, 0.717) is 23.6 Å². The first kappa shape index (κ1) is 41.5. The Morgan fingerprint density at radius 2 is 1.69 bits per heavy atom. The van der Waals surface area contributed by atoms with Gasteiger partial charge in [0.2, 0.25) is 11.8 Å². The summed E-state index contributed by atoms with van der Waals surface area (Å²) in [6, 6.07) is 11.1. The third kappa shape index (κ3) is 11.2. The second-order valence-electron chi connectivity index (χ2n) is 18.0. The van der Waals surface area contributed by atoms with Gasteiger partial charge in [0, 0.05) is 30.3 Å². The Kier molecular flexibility index (Phi) is 12.3. The van der Waals surface area contributed by atoms with Gasteiger partial charge in [-0.3, -0.25) is 0 Å². The SMILES string of the molecule is Cc1cccc(CC(C)(C)C)c1-c1nc(NS(=O)(=O)c2cccc(C(=O)O)c2)nc(OCC(CC(C)(C)C)NCc2ncc(N3CCC(C)(C)C3)cn2)c1C. The summed E-state index contributed by atoms with van der Waals surface area (Å²) < 4.78 is 36.3. The molecule has 1 fully saturated rings. The van der Waals surface area contributed by atoms with Crippen molar-refractivity contribution in [2.24, 2.45) is 16.2 Å². The zero-order valence-corrected chi connectivity index (χ0v) is 34.8. The van der Waals surface area contributed by atoms with Crippen molar-refractivity contribution in [3.8, 4) is 17.1 Å². The molecule has 13 heteroatoms. The number of rotatable bonds is 14. The third-order valence-corrected chi connectivity index (χ3v) is 10.9. The number of sulfonamides is 1. The standard InChI is InChI=1S/C42H57N7O5S/c1-27-13-11-15-30(20-40(3,4)5)35(27)36-28(2)37(47-39(46-36)48-55(52,53)33-16-12-14-29(19-33)38(50)51)54-25-31(21-41(6,7)8)43-24-34-44-22-32(23-45-34)49-18-17-42(9,10)26-49/h11-16,19,22-23,31,43H,17-18,20-21,24-26H2,1-10H3,(H,50,51)(H,46,47,48). The van der Waals surface area contributed by atoms with E-state index in [0.717, 1.165) is 60.8 Å². The highest BCUT2D eigenvalue weighted by Gasteiger charge is 2.30. The fourth-order valence-electron chi connectivity index (χ4n) is 6.97. The van der Waals surface area contributed by atoms with E-state index < -0.39 is 16.0 Å². The molecule has 12 nitrogen and oxygen atoms in total. The molecule has 1 aliphatic heterocycles. The Bertz CT molecular complexity index is 2110. The number of carboxylic acids is 1. The molecule has 1 unspecified atom stereocenters. The molecule has 3 N–H and O–H groups in total. The number of carboxylic acid groups (broad SMARTS) is 1. The van der Waals surface area contributed by atoms with Gasteiger partial charge in [-0.2, -0.15) is 4.98 Å². The van der Waals surface area contributed by atoms with Gasteiger partial charge < -0.3 is 20.1 Å². The van der Waals surface area contributed by atoms with E-state index >= 15 is 0 Å². The van der Waals surface area contributed by atoms with Gasteiger partial charge in [0.1, 0.15) is 12.4 Å². The van der Waals surface area contributed by atoms with E-state index in [9.17, 15) is 18.3 Å². The van der Waals surface area contributed by atoms with Gasteiger partial charge in [-0.05, 0) is 78.7 Å². The zero-order valence-electron chi connectivity index (χ0n) is 33.9. The predicted octanol–water partition coefficient (Wildman–Crippen LogP) is 7.85. The van der Waals surface area contributed by atoms with Crippen LogP contribution in [0.3, 0.4) is 0 Å². The van der Waals surface area contributed by atoms with Crippen LogP contribution in [0.25, 0.3) is 11.3 Å². The van der Waals surface area contributed by atoms with Crippen molar-refractivity contribution < 1.29 is 23.1 Å². The Balaban J connectivity index is 1.46. The molecule has 55 heavy (non-hydrogen) atoms. The Morgan fingerprint density at radius 1 is 1.00 bits per heavy atom. The van der Waals surface area contributed by atoms with Gasteiger partial charge in [-0.25, -0.2) is 32.9 Å². The second-order valence-corrected chi connectivity index (χ2v) is 19.6. The molecule has 3 heterocycles. The molecule has 0 amide bonds. The van der Waals surface area contributed by atoms with Crippen LogP contribution in [0.2, 0.25) is 0 Å². The summed E-state index contributed by atoms with van der Waals surface area (Å²) >= 11 is 0. The molecule has 0 radical (unpaired) electrons. The summed E-state index contributed by atoms with van der Waals surface area (Å²) in [7, 11) is -4.28. The lowest BCUT2D eigenvalue weighted by atomic mass is 9.84. The molecule has 5 rings (SSSR count). The van der Waals surface area contributed by atoms with E-state index in [1.165, 1.54) is 18.2 Å². The minimum atomic E-state index is -4.28. The smallest absolute Gasteiger partial charge is 0.335 e. The number of benzene rings is 2. The lowest BCUT2D eigenvalue weighted by molar-refractivity contribution is 0.0696. The molecular weight excluding hydrogens is 715 g/mol. The number of hydrogen-bond donors (Lipinski definition) is 3. The fourth-order valence-corrected chi connectivity index (χ4v) is 7.96. The molecule has 0 bridgehead atoms. The van der Waals surface area contributed by atoms with E-state index in [2.05, 4.69) is 91.3 Å². The Labute approximate surface area is 326 Å². The normalized spacial score (nSPS) is 15.2. The van der Waals surface area contributed by atoms with Crippen LogP contribution in [0.15, 0.2) is 59.8 Å². The maximum Gasteiger partial charge on any atom is 0.335 e. The van der Waals surface area contributed by atoms with Gasteiger partial charge in [0.05, 0.1) is 40.8 Å². The highest BCUT2D eigenvalue weighted by Crippen LogP contribution is 2.37. The zero-order chi connectivity index (χ0) is 40.3. The summed E-state index contributed by atoms with van der Waals surface area (Å²) in [5.74, 6) is -0.504. The first-order valence-electron chi connectivity index (χ1n) is 18.8. The van der Waals surface area contributed by atoms with Crippen molar-refractivity contribution in [2.45, 2.75) is 106 Å². The molecular formula is C42H57N7O5S. The lowest BCUT2D eigenvalue weighted by Gasteiger charge is -2.27. The highest BCUT2D eigenvalue weighted by atomic mass is 32.2. The fraction of sp³-hybridized carbons (Fsp3) is 0.500. The molecule has 2 aromatic heterocycles. The summed E-state index contributed by atoms with van der Waals surface area (Å²) in [6.07, 6.45) is 6.44. The largest absolute Gasteiger partial charge is 0.478 e. The molecule has 0 saturated carbocycles. The summed E-state index contributed by atoms with van der Waals surface area (Å²) in [6.45, 7) is 24.1. The van der Waals surface area contributed by atoms with Crippen molar-refractivity contribution in [1.29, 1.82) is 0 Å². The van der Waals surface area contributed by atoms with Gasteiger partial charge in [0.25, 0.3) is 10.0 Å². The topological polar surface area (TPSA) is 160 Å². The van der Waals surface area contributed by atoms with Gasteiger partial charge >= 0.3 is 5.97 Å². The molecule has 0 aliphatic carbocycles. The van der Waals surface area contributed by atoms with Gasteiger partial charge in [-0.15, -0.1) is 0 Å². The summed E-state index contributed by atoms with van der Waals surface area (Å²) in [5, 5.41) is 13.1. The van der Waals surface area contributed by atoms with Crippen LogP contribution in [0.1, 0.15) is 101 Å². The molecule has 1 atom stereocenters. The minimum absolute atomic E-state index is 0.0383. The number of anilines is 2. The molecule has 1 saturated heterocycles. The van der Waals surface area contributed by atoms with Crippen molar-refractivity contribution in [1.82, 2.24) is 25.3 Å². The van der Waals surface area contributed by atoms with Crippen LogP contribution in [0.5, 0.6) is 5.88 Å². The maximum atomic E-state index is 13.7. The van der Waals surface area contributed by atoms with Crippen LogP contribution in [0, 0.1) is 30.1 Å².